The smallest absolute Gasteiger partial charge is 0.269 e. The highest BCUT2D eigenvalue weighted by molar-refractivity contribution is 5.46. The first-order valence-electron chi connectivity index (χ1n) is 4.37. The molecule has 3 N–H and O–H groups in total. The number of hydrogen-bond donors (Lipinski definition) is 3. The third-order valence-electron chi connectivity index (χ3n) is 1.71. The van der Waals surface area contributed by atoms with E-state index in [1.807, 2.05) is 13.1 Å². The number of nitrogens with one attached hydrogen (secondary N) is 3. The van der Waals surface area contributed by atoms with Crippen LogP contribution in [0.15, 0.2) is 21.7 Å². The van der Waals surface area contributed by atoms with Gasteiger partial charge in [0.05, 0.1) is 0 Å². The molecule has 0 aliphatic heterocycles. The van der Waals surface area contributed by atoms with E-state index >= 15 is 0 Å². The maximum atomic E-state index is 11.1. The van der Waals surface area contributed by atoms with Crippen LogP contribution >= 0.6 is 0 Å². The Kier molecular flexibility index (Phi) is 3.87. The lowest BCUT2D eigenvalue weighted by Gasteiger charge is -1.92. The molecule has 0 aliphatic carbocycles. The molecule has 0 atom stereocenters. The van der Waals surface area contributed by atoms with Gasteiger partial charge in [-0.3, -0.25) is 19.8 Å². The van der Waals surface area contributed by atoms with Gasteiger partial charge in [-0.05, 0) is 20.0 Å². The van der Waals surface area contributed by atoms with Gasteiger partial charge in [0.15, 0.2) is 0 Å². The Morgan fingerprint density at radius 1 is 1.43 bits per heavy atom. The predicted molar refractivity (Wildman–Crippen MR) is 55.3 cm³/mol. The Morgan fingerprint density at radius 2 is 2.21 bits per heavy atom. The zero-order valence-electron chi connectivity index (χ0n) is 7.96. The quantitative estimate of drug-likeness (QED) is 0.576. The van der Waals surface area contributed by atoms with Gasteiger partial charge >= 0.3 is 0 Å². The Morgan fingerprint density at radius 3 is 2.93 bits per heavy atom. The lowest BCUT2D eigenvalue weighted by molar-refractivity contribution is 0.809. The van der Waals surface area contributed by atoms with Crippen molar-refractivity contribution in [2.75, 3.05) is 13.6 Å². The number of aromatic amines is 2. The number of rotatable bonds is 4. The fraction of sp³-hybridized carbons (Fsp3) is 0.333. The van der Waals surface area contributed by atoms with Crippen LogP contribution in [-0.2, 0) is 0 Å². The monoisotopic (exact) mass is 195 g/mol. The van der Waals surface area contributed by atoms with E-state index in [9.17, 15) is 9.59 Å². The molecule has 0 saturated heterocycles. The highest BCUT2D eigenvalue weighted by Gasteiger charge is 1.94. The summed E-state index contributed by atoms with van der Waals surface area (Å²) in [5.41, 5.74) is -0.215. The van der Waals surface area contributed by atoms with Crippen molar-refractivity contribution in [3.63, 3.8) is 0 Å². The van der Waals surface area contributed by atoms with Crippen LogP contribution < -0.4 is 16.4 Å². The maximum Gasteiger partial charge on any atom is 0.269 e. The van der Waals surface area contributed by atoms with E-state index in [-0.39, 0.29) is 11.1 Å². The van der Waals surface area contributed by atoms with Gasteiger partial charge in [-0.2, -0.15) is 0 Å². The van der Waals surface area contributed by atoms with E-state index in [1.54, 1.807) is 6.08 Å². The summed E-state index contributed by atoms with van der Waals surface area (Å²) in [6.07, 6.45) is 4.31. The Balaban J connectivity index is 2.76. The summed E-state index contributed by atoms with van der Waals surface area (Å²) >= 11 is 0. The highest BCUT2D eigenvalue weighted by Crippen LogP contribution is 1.90. The molecule has 0 saturated carbocycles. The molecule has 1 heterocycles. The molecule has 0 amide bonds. The summed E-state index contributed by atoms with van der Waals surface area (Å²) < 4.78 is 0. The first-order valence-corrected chi connectivity index (χ1v) is 4.37. The Bertz CT molecular complexity index is 417. The van der Waals surface area contributed by atoms with Crippen LogP contribution in [0.3, 0.4) is 0 Å². The van der Waals surface area contributed by atoms with Crippen LogP contribution in [0.5, 0.6) is 0 Å². The molecule has 1 aromatic rings. The Hall–Kier alpha value is -1.62. The summed E-state index contributed by atoms with van der Waals surface area (Å²) in [7, 11) is 1.86. The molecule has 1 aromatic heterocycles. The standard InChI is InChI=1S/C9H13N3O2/c1-10-5-3-2-4-7-6-8(13)11-12-9(7)14/h2,4,6,10H,3,5H2,1H3,(H,11,13)(H,12,14). The highest BCUT2D eigenvalue weighted by atomic mass is 16.1. The average molecular weight is 195 g/mol. The van der Waals surface area contributed by atoms with Crippen LogP contribution in [0.25, 0.3) is 6.08 Å². The van der Waals surface area contributed by atoms with Crippen LogP contribution in [0.2, 0.25) is 0 Å². The molecule has 1 rings (SSSR count). The molecular weight excluding hydrogens is 182 g/mol. The molecule has 5 heteroatoms. The molecule has 0 aliphatic rings. The normalized spacial score (nSPS) is 10.9. The predicted octanol–water partition coefficient (Wildman–Crippen LogP) is -0.314. The number of hydrogen-bond acceptors (Lipinski definition) is 3. The van der Waals surface area contributed by atoms with Gasteiger partial charge in [-0.25, -0.2) is 0 Å². The van der Waals surface area contributed by atoms with E-state index in [2.05, 4.69) is 15.5 Å². The minimum absolute atomic E-state index is 0.287. The van der Waals surface area contributed by atoms with Gasteiger partial charge in [-0.15, -0.1) is 0 Å². The van der Waals surface area contributed by atoms with Crippen molar-refractivity contribution in [1.82, 2.24) is 15.5 Å². The summed E-state index contributed by atoms with van der Waals surface area (Å²) in [6.45, 7) is 0.845. The fourth-order valence-electron chi connectivity index (χ4n) is 0.995. The van der Waals surface area contributed by atoms with Crippen LogP contribution in [0.4, 0.5) is 0 Å². The van der Waals surface area contributed by atoms with Crippen molar-refractivity contribution in [2.24, 2.45) is 0 Å². The van der Waals surface area contributed by atoms with Crippen molar-refractivity contribution in [1.29, 1.82) is 0 Å². The van der Waals surface area contributed by atoms with Crippen molar-refractivity contribution < 1.29 is 0 Å². The van der Waals surface area contributed by atoms with Crippen molar-refractivity contribution in [3.05, 3.63) is 38.4 Å². The first kappa shape index (κ1) is 10.5. The molecule has 5 nitrogen and oxygen atoms in total. The first-order chi connectivity index (χ1) is 6.74. The van der Waals surface area contributed by atoms with Crippen LogP contribution in [0.1, 0.15) is 12.0 Å². The van der Waals surface area contributed by atoms with E-state index < -0.39 is 0 Å². The summed E-state index contributed by atoms with van der Waals surface area (Å²) in [6, 6.07) is 1.27. The average Bonchev–Trinajstić information content (AvgIpc) is 2.18. The largest absolute Gasteiger partial charge is 0.319 e. The third kappa shape index (κ3) is 3.02. The van der Waals surface area contributed by atoms with Gasteiger partial charge in [0.25, 0.3) is 11.1 Å². The molecule has 0 radical (unpaired) electrons. The SMILES string of the molecule is CNCCC=Cc1cc(=O)[nH][nH]c1=O. The van der Waals surface area contributed by atoms with Gasteiger partial charge in [0, 0.05) is 11.6 Å². The molecule has 0 fully saturated rings. The van der Waals surface area contributed by atoms with Crippen molar-refractivity contribution in [2.45, 2.75) is 6.42 Å². The van der Waals surface area contributed by atoms with Gasteiger partial charge in [0.2, 0.25) is 0 Å². The Labute approximate surface area is 80.8 Å². The second-order valence-corrected chi connectivity index (χ2v) is 2.84. The van der Waals surface area contributed by atoms with E-state index in [0.29, 0.717) is 5.56 Å². The van der Waals surface area contributed by atoms with Crippen LogP contribution in [-0.4, -0.2) is 23.8 Å². The minimum atomic E-state index is -0.308. The second-order valence-electron chi connectivity index (χ2n) is 2.84. The second kappa shape index (κ2) is 5.18. The van der Waals surface area contributed by atoms with Gasteiger partial charge in [-0.1, -0.05) is 12.2 Å². The third-order valence-corrected chi connectivity index (χ3v) is 1.71. The van der Waals surface area contributed by atoms with Crippen molar-refractivity contribution >= 4 is 6.08 Å². The van der Waals surface area contributed by atoms with E-state index in [4.69, 9.17) is 0 Å². The minimum Gasteiger partial charge on any atom is -0.319 e. The molecule has 76 valence electrons. The maximum absolute atomic E-state index is 11.1. The van der Waals surface area contributed by atoms with Gasteiger partial charge in [0.1, 0.15) is 0 Å². The molecule has 14 heavy (non-hydrogen) atoms. The summed E-state index contributed by atoms with van der Waals surface area (Å²) in [5.74, 6) is 0. The molecule has 0 aromatic carbocycles. The molecular formula is C9H13N3O2. The zero-order valence-corrected chi connectivity index (χ0v) is 7.96. The lowest BCUT2D eigenvalue weighted by Crippen LogP contribution is -2.19. The molecule has 0 bridgehead atoms. The number of H-pyrrole nitrogens is 2. The van der Waals surface area contributed by atoms with Gasteiger partial charge < -0.3 is 5.32 Å². The molecule has 0 unspecified atom stereocenters. The summed E-state index contributed by atoms with van der Waals surface area (Å²) in [5, 5.41) is 7.43. The van der Waals surface area contributed by atoms with E-state index in [1.165, 1.54) is 6.07 Å². The fourth-order valence-corrected chi connectivity index (χ4v) is 0.995. The van der Waals surface area contributed by atoms with E-state index in [0.717, 1.165) is 13.0 Å². The van der Waals surface area contributed by atoms with Crippen molar-refractivity contribution in [3.8, 4) is 0 Å². The lowest BCUT2D eigenvalue weighted by atomic mass is 10.2. The number of aromatic nitrogens is 2. The zero-order chi connectivity index (χ0) is 10.4. The molecule has 0 spiro atoms. The van der Waals surface area contributed by atoms with Crippen LogP contribution in [0, 0.1) is 0 Å². The summed E-state index contributed by atoms with van der Waals surface area (Å²) in [4.78, 5) is 22.0. The topological polar surface area (TPSA) is 77.8 Å².